The van der Waals surface area contributed by atoms with Crippen LogP contribution in [0.5, 0.6) is 0 Å². The summed E-state index contributed by atoms with van der Waals surface area (Å²) in [6.07, 6.45) is 1.88. The van der Waals surface area contributed by atoms with Gasteiger partial charge in [-0.2, -0.15) is 0 Å². The van der Waals surface area contributed by atoms with Gasteiger partial charge in [-0.25, -0.2) is 4.39 Å². The van der Waals surface area contributed by atoms with Gasteiger partial charge in [0.05, 0.1) is 6.04 Å². The Morgan fingerprint density at radius 3 is 2.03 bits per heavy atom. The van der Waals surface area contributed by atoms with Crippen LogP contribution in [0.15, 0.2) is 72.4 Å². The maximum absolute atomic E-state index is 14.0. The maximum Gasteiger partial charge on any atom is 0.275 e. The van der Waals surface area contributed by atoms with Crippen LogP contribution < -0.4 is 10.2 Å². The Morgan fingerprint density at radius 2 is 1.43 bits per heavy atom. The first kappa shape index (κ1) is 19.9. The van der Waals surface area contributed by atoms with Gasteiger partial charge in [0.1, 0.15) is 11.5 Å². The van der Waals surface area contributed by atoms with Crippen molar-refractivity contribution < 1.29 is 9.18 Å². The van der Waals surface area contributed by atoms with E-state index in [1.165, 1.54) is 12.1 Å². The Morgan fingerprint density at radius 1 is 0.833 bits per heavy atom. The number of hydrogen-bond acceptors (Lipinski definition) is 2. The van der Waals surface area contributed by atoms with E-state index in [-0.39, 0.29) is 17.8 Å². The molecule has 0 aliphatic carbocycles. The number of hydrogen-bond donors (Lipinski definition) is 1. The quantitative estimate of drug-likeness (QED) is 0.570. The predicted octanol–water partition coefficient (Wildman–Crippen LogP) is 6.14. The van der Waals surface area contributed by atoms with E-state index >= 15 is 0 Å². The largest absolute Gasteiger partial charge is 0.351 e. The molecule has 4 rings (SSSR count). The van der Waals surface area contributed by atoms with Gasteiger partial charge in [0.25, 0.3) is 5.91 Å². The molecule has 0 radical (unpaired) electrons. The zero-order valence-electron chi connectivity index (χ0n) is 17.7. The lowest BCUT2D eigenvalue weighted by Gasteiger charge is -2.26. The van der Waals surface area contributed by atoms with Gasteiger partial charge in [-0.15, -0.1) is 0 Å². The molecule has 1 amide bonds. The summed E-state index contributed by atoms with van der Waals surface area (Å²) in [5, 5.41) is 3.29. The van der Waals surface area contributed by atoms with Gasteiger partial charge in [-0.1, -0.05) is 24.3 Å². The van der Waals surface area contributed by atoms with E-state index in [1.807, 2.05) is 64.1 Å². The van der Waals surface area contributed by atoms with Crippen molar-refractivity contribution in [2.24, 2.45) is 0 Å². The van der Waals surface area contributed by atoms with Gasteiger partial charge >= 0.3 is 0 Å². The van der Waals surface area contributed by atoms with Crippen molar-refractivity contribution in [3.8, 4) is 0 Å². The number of anilines is 2. The molecular weight excluding hydrogens is 375 g/mol. The number of amides is 1. The van der Waals surface area contributed by atoms with Crippen LogP contribution in [-0.2, 0) is 4.79 Å². The molecule has 4 heteroatoms. The third-order valence-electron chi connectivity index (χ3n) is 5.23. The van der Waals surface area contributed by atoms with Crippen molar-refractivity contribution in [2.45, 2.75) is 33.7 Å². The Hall–Kier alpha value is -3.40. The average Bonchev–Trinajstić information content (AvgIpc) is 2.96. The fraction of sp³-hybridized carbons (Fsp3) is 0.192. The first-order valence-corrected chi connectivity index (χ1v) is 10.0. The van der Waals surface area contributed by atoms with E-state index in [4.69, 9.17) is 0 Å². The summed E-state index contributed by atoms with van der Waals surface area (Å²) in [5.74, 6) is -0.446. The summed E-state index contributed by atoms with van der Waals surface area (Å²) in [7, 11) is 0. The SMILES string of the molecule is Cc1cc(C)cc(NC2=C[C@@H](c3cccc(F)c3)N(c3cc(C)cc(C)c3)C2=O)c1. The molecule has 0 saturated heterocycles. The Kier molecular flexibility index (Phi) is 5.17. The number of rotatable bonds is 4. The lowest BCUT2D eigenvalue weighted by Crippen LogP contribution is -2.31. The molecular formula is C26H25FN2O. The topological polar surface area (TPSA) is 32.3 Å². The highest BCUT2D eigenvalue weighted by atomic mass is 19.1. The highest BCUT2D eigenvalue weighted by Gasteiger charge is 2.35. The number of nitrogens with one attached hydrogen (secondary N) is 1. The third-order valence-corrected chi connectivity index (χ3v) is 5.23. The van der Waals surface area contributed by atoms with Gasteiger partial charge in [0.2, 0.25) is 0 Å². The molecule has 1 aliphatic rings. The van der Waals surface area contributed by atoms with Crippen molar-refractivity contribution in [1.29, 1.82) is 0 Å². The second kappa shape index (κ2) is 7.79. The average molecular weight is 400 g/mol. The van der Waals surface area contributed by atoms with Crippen LogP contribution in [0.1, 0.15) is 33.9 Å². The molecule has 0 unspecified atom stereocenters. The standard InChI is InChI=1S/C26H25FN2O/c1-16-8-17(2)11-22(10-16)28-24-15-25(20-6-5-7-21(27)14-20)29(26(24)30)23-12-18(3)9-19(4)13-23/h5-15,25,28H,1-4H3/t25-/m0/s1. The summed E-state index contributed by atoms with van der Waals surface area (Å²) in [4.78, 5) is 15.2. The molecule has 0 spiro atoms. The molecule has 3 aromatic rings. The molecule has 0 saturated carbocycles. The molecule has 0 aromatic heterocycles. The van der Waals surface area contributed by atoms with Crippen LogP contribution in [-0.4, -0.2) is 5.91 Å². The molecule has 0 bridgehead atoms. The zero-order valence-corrected chi connectivity index (χ0v) is 17.7. The smallest absolute Gasteiger partial charge is 0.275 e. The number of carbonyl (C=O) groups is 1. The number of aryl methyl sites for hydroxylation is 4. The zero-order chi connectivity index (χ0) is 21.4. The van der Waals surface area contributed by atoms with Gasteiger partial charge in [-0.3, -0.25) is 9.69 Å². The van der Waals surface area contributed by atoms with Gasteiger partial charge in [-0.05, 0) is 98.0 Å². The number of halogens is 1. The predicted molar refractivity (Wildman–Crippen MR) is 120 cm³/mol. The summed E-state index contributed by atoms with van der Waals surface area (Å²) in [5.41, 5.74) is 7.30. The lowest BCUT2D eigenvalue weighted by molar-refractivity contribution is -0.114. The Balaban J connectivity index is 1.78. The monoisotopic (exact) mass is 400 g/mol. The lowest BCUT2D eigenvalue weighted by atomic mass is 10.0. The molecule has 1 aliphatic heterocycles. The second-order valence-corrected chi connectivity index (χ2v) is 8.10. The third kappa shape index (κ3) is 3.99. The van der Waals surface area contributed by atoms with Crippen LogP contribution in [0.25, 0.3) is 0 Å². The van der Waals surface area contributed by atoms with Gasteiger partial charge in [0, 0.05) is 11.4 Å². The molecule has 152 valence electrons. The molecule has 30 heavy (non-hydrogen) atoms. The minimum absolute atomic E-state index is 0.131. The summed E-state index contributed by atoms with van der Waals surface area (Å²) in [6, 6.07) is 18.2. The molecule has 3 nitrogen and oxygen atoms in total. The number of nitrogens with zero attached hydrogens (tertiary/aromatic N) is 1. The van der Waals surface area contributed by atoms with Crippen molar-refractivity contribution in [2.75, 3.05) is 10.2 Å². The summed E-state index contributed by atoms with van der Waals surface area (Å²) >= 11 is 0. The highest BCUT2D eigenvalue weighted by Crippen LogP contribution is 2.37. The molecule has 1 N–H and O–H groups in total. The molecule has 3 aromatic carbocycles. The van der Waals surface area contributed by atoms with Crippen LogP contribution in [0, 0.1) is 33.5 Å². The van der Waals surface area contributed by atoms with E-state index in [0.29, 0.717) is 5.70 Å². The van der Waals surface area contributed by atoms with Crippen molar-refractivity contribution in [1.82, 2.24) is 0 Å². The number of benzene rings is 3. The molecule has 1 heterocycles. The first-order valence-electron chi connectivity index (χ1n) is 10.0. The van der Waals surface area contributed by atoms with E-state index in [0.717, 1.165) is 39.2 Å². The van der Waals surface area contributed by atoms with Gasteiger partial charge in [0.15, 0.2) is 0 Å². The van der Waals surface area contributed by atoms with E-state index in [2.05, 4.69) is 17.4 Å². The fourth-order valence-corrected chi connectivity index (χ4v) is 4.16. The normalized spacial score (nSPS) is 16.0. The van der Waals surface area contributed by atoms with Gasteiger partial charge < -0.3 is 5.32 Å². The highest BCUT2D eigenvalue weighted by molar-refractivity contribution is 6.11. The van der Waals surface area contributed by atoms with Crippen LogP contribution >= 0.6 is 0 Å². The van der Waals surface area contributed by atoms with Crippen LogP contribution in [0.4, 0.5) is 15.8 Å². The maximum atomic E-state index is 14.0. The van der Waals surface area contributed by atoms with Crippen molar-refractivity contribution >= 4 is 17.3 Å². The Labute approximate surface area is 176 Å². The van der Waals surface area contributed by atoms with Crippen molar-refractivity contribution in [3.63, 3.8) is 0 Å². The molecule has 1 atom stereocenters. The minimum atomic E-state index is -0.386. The molecule has 0 fully saturated rings. The van der Waals surface area contributed by atoms with Crippen LogP contribution in [0.3, 0.4) is 0 Å². The van der Waals surface area contributed by atoms with E-state index in [9.17, 15) is 9.18 Å². The second-order valence-electron chi connectivity index (χ2n) is 8.10. The Bertz CT molecular complexity index is 1120. The number of carbonyl (C=O) groups excluding carboxylic acids is 1. The minimum Gasteiger partial charge on any atom is -0.351 e. The van der Waals surface area contributed by atoms with Crippen molar-refractivity contribution in [3.05, 3.63) is 106 Å². The van der Waals surface area contributed by atoms with Crippen LogP contribution in [0.2, 0.25) is 0 Å². The van der Waals surface area contributed by atoms with E-state index in [1.54, 1.807) is 11.0 Å². The first-order chi connectivity index (χ1) is 14.3. The fourth-order valence-electron chi connectivity index (χ4n) is 4.16. The van der Waals surface area contributed by atoms with E-state index < -0.39 is 0 Å². The summed E-state index contributed by atoms with van der Waals surface area (Å²) in [6.45, 7) is 8.08. The summed E-state index contributed by atoms with van der Waals surface area (Å²) < 4.78 is 14.0.